The Kier molecular flexibility index (Phi) is 8.15. The van der Waals surface area contributed by atoms with Gasteiger partial charge in [0, 0.05) is 23.7 Å². The first-order chi connectivity index (χ1) is 9.22. The van der Waals surface area contributed by atoms with Gasteiger partial charge in [-0.3, -0.25) is 0 Å². The van der Waals surface area contributed by atoms with E-state index in [0.717, 1.165) is 23.6 Å². The number of hydrogen-bond donors (Lipinski definition) is 2. The Labute approximate surface area is 128 Å². The molecule has 0 amide bonds. The first-order valence-corrected chi connectivity index (χ1v) is 8.08. The van der Waals surface area contributed by atoms with E-state index < -0.39 is 0 Å². The molecule has 0 bridgehead atoms. The highest BCUT2D eigenvalue weighted by atomic mass is 32.1. The van der Waals surface area contributed by atoms with Gasteiger partial charge in [-0.25, -0.2) is 0 Å². The van der Waals surface area contributed by atoms with Crippen LogP contribution in [0.25, 0.3) is 4.91 Å². The summed E-state index contributed by atoms with van der Waals surface area (Å²) in [6.45, 7) is 6.77. The molecule has 0 aliphatic heterocycles. The summed E-state index contributed by atoms with van der Waals surface area (Å²) in [5.74, 6) is 0. The highest BCUT2D eigenvalue weighted by Gasteiger charge is 2.05. The normalized spacial score (nSPS) is 11.7. The van der Waals surface area contributed by atoms with Crippen LogP contribution < -0.4 is 4.90 Å². The van der Waals surface area contributed by atoms with Gasteiger partial charge in [0.1, 0.15) is 0 Å². The molecule has 0 atom stereocenters. The second kappa shape index (κ2) is 9.38. The molecule has 0 N–H and O–H groups in total. The predicted octanol–water partition coefficient (Wildman–Crippen LogP) is 5.25. The second-order valence-electron chi connectivity index (χ2n) is 4.76. The standard InChI is InChI=1S/C16H25NS2/c1-3-5-11-17(12-6-4-2)15-9-7-14(8-10-15)16(19)13-18/h7-10,13,18-19H,3-6,11-12H2,1-2H3. The molecule has 0 saturated heterocycles. The SMILES string of the molecule is CCCCN(CCCC)c1ccc(C(S)=CS)cc1. The molecule has 0 saturated carbocycles. The Balaban J connectivity index is 2.77. The van der Waals surface area contributed by atoms with Crippen LogP contribution in [-0.4, -0.2) is 13.1 Å². The number of thiol groups is 2. The topological polar surface area (TPSA) is 3.24 Å². The van der Waals surface area contributed by atoms with Crippen LogP contribution in [0.4, 0.5) is 5.69 Å². The zero-order valence-electron chi connectivity index (χ0n) is 12.0. The van der Waals surface area contributed by atoms with Gasteiger partial charge in [0.05, 0.1) is 0 Å². The molecule has 1 aromatic carbocycles. The fourth-order valence-electron chi connectivity index (χ4n) is 1.99. The molecule has 106 valence electrons. The van der Waals surface area contributed by atoms with Crippen LogP contribution in [-0.2, 0) is 0 Å². The number of hydrogen-bond acceptors (Lipinski definition) is 3. The minimum absolute atomic E-state index is 0.906. The largest absolute Gasteiger partial charge is 0.372 e. The van der Waals surface area contributed by atoms with Crippen LogP contribution in [0.15, 0.2) is 29.7 Å². The lowest BCUT2D eigenvalue weighted by Crippen LogP contribution is -2.25. The van der Waals surface area contributed by atoms with Crippen molar-refractivity contribution < 1.29 is 0 Å². The summed E-state index contributed by atoms with van der Waals surface area (Å²) in [5.41, 5.74) is 2.43. The highest BCUT2D eigenvalue weighted by Crippen LogP contribution is 2.23. The number of rotatable bonds is 8. The third kappa shape index (κ3) is 5.53. The van der Waals surface area contributed by atoms with Crippen LogP contribution in [0.3, 0.4) is 0 Å². The number of nitrogens with zero attached hydrogens (tertiary/aromatic N) is 1. The monoisotopic (exact) mass is 295 g/mol. The Morgan fingerprint density at radius 1 is 1.05 bits per heavy atom. The van der Waals surface area contributed by atoms with Gasteiger partial charge in [0.15, 0.2) is 0 Å². The van der Waals surface area contributed by atoms with Gasteiger partial charge in [-0.05, 0) is 35.9 Å². The third-order valence-corrected chi connectivity index (χ3v) is 4.06. The predicted molar refractivity (Wildman–Crippen MR) is 94.4 cm³/mol. The minimum atomic E-state index is 0.906. The quantitative estimate of drug-likeness (QED) is 0.619. The number of benzene rings is 1. The lowest BCUT2D eigenvalue weighted by atomic mass is 10.1. The summed E-state index contributed by atoms with van der Waals surface area (Å²) in [5, 5.41) is 1.73. The lowest BCUT2D eigenvalue weighted by Gasteiger charge is -2.25. The summed E-state index contributed by atoms with van der Waals surface area (Å²) < 4.78 is 0. The van der Waals surface area contributed by atoms with Gasteiger partial charge < -0.3 is 4.90 Å². The molecule has 1 aromatic rings. The van der Waals surface area contributed by atoms with Crippen molar-refractivity contribution in [3.05, 3.63) is 35.2 Å². The van der Waals surface area contributed by atoms with Gasteiger partial charge in [-0.15, -0.1) is 12.6 Å². The fraction of sp³-hybridized carbons (Fsp3) is 0.500. The van der Waals surface area contributed by atoms with E-state index >= 15 is 0 Å². The van der Waals surface area contributed by atoms with Crippen molar-refractivity contribution in [3.63, 3.8) is 0 Å². The van der Waals surface area contributed by atoms with Crippen molar-refractivity contribution in [3.8, 4) is 0 Å². The summed E-state index contributed by atoms with van der Waals surface area (Å²) in [4.78, 5) is 3.39. The minimum Gasteiger partial charge on any atom is -0.372 e. The molecular formula is C16H25NS2. The van der Waals surface area contributed by atoms with Gasteiger partial charge in [-0.2, -0.15) is 12.6 Å². The zero-order valence-corrected chi connectivity index (χ0v) is 13.8. The maximum Gasteiger partial charge on any atom is 0.0366 e. The Morgan fingerprint density at radius 2 is 1.58 bits per heavy atom. The average Bonchev–Trinajstić information content (AvgIpc) is 2.47. The molecular weight excluding hydrogens is 270 g/mol. The molecule has 0 radical (unpaired) electrons. The summed E-state index contributed by atoms with van der Waals surface area (Å²) in [6.07, 6.45) is 4.98. The van der Waals surface area contributed by atoms with E-state index in [9.17, 15) is 0 Å². The van der Waals surface area contributed by atoms with Crippen LogP contribution in [0.2, 0.25) is 0 Å². The van der Waals surface area contributed by atoms with E-state index in [1.807, 2.05) is 0 Å². The molecule has 0 aliphatic carbocycles. The zero-order chi connectivity index (χ0) is 14.1. The summed E-state index contributed by atoms with van der Waals surface area (Å²) >= 11 is 8.53. The van der Waals surface area contributed by atoms with Gasteiger partial charge in [0.2, 0.25) is 0 Å². The average molecular weight is 296 g/mol. The molecule has 19 heavy (non-hydrogen) atoms. The molecule has 0 fully saturated rings. The molecule has 0 heterocycles. The molecule has 0 unspecified atom stereocenters. The highest BCUT2D eigenvalue weighted by molar-refractivity contribution is 7.92. The van der Waals surface area contributed by atoms with E-state index in [1.54, 1.807) is 5.41 Å². The molecule has 0 aliphatic rings. The van der Waals surface area contributed by atoms with Crippen molar-refractivity contribution in [2.24, 2.45) is 0 Å². The Morgan fingerprint density at radius 3 is 2.00 bits per heavy atom. The first kappa shape index (κ1) is 16.5. The van der Waals surface area contributed by atoms with E-state index in [1.165, 1.54) is 31.4 Å². The first-order valence-electron chi connectivity index (χ1n) is 7.11. The van der Waals surface area contributed by atoms with Crippen LogP contribution in [0, 0.1) is 0 Å². The van der Waals surface area contributed by atoms with E-state index in [0.29, 0.717) is 0 Å². The molecule has 3 heteroatoms. The van der Waals surface area contributed by atoms with Crippen molar-refractivity contribution in [2.75, 3.05) is 18.0 Å². The smallest absolute Gasteiger partial charge is 0.0366 e. The van der Waals surface area contributed by atoms with Crippen molar-refractivity contribution >= 4 is 35.9 Å². The van der Waals surface area contributed by atoms with E-state index in [2.05, 4.69) is 68.3 Å². The molecule has 0 spiro atoms. The van der Waals surface area contributed by atoms with Crippen LogP contribution >= 0.6 is 25.3 Å². The van der Waals surface area contributed by atoms with Crippen LogP contribution in [0.1, 0.15) is 45.1 Å². The van der Waals surface area contributed by atoms with Crippen molar-refractivity contribution in [1.82, 2.24) is 0 Å². The third-order valence-electron chi connectivity index (χ3n) is 3.21. The molecule has 1 nitrogen and oxygen atoms in total. The molecule has 0 aromatic heterocycles. The Bertz CT molecular complexity index is 376. The van der Waals surface area contributed by atoms with Crippen molar-refractivity contribution in [1.29, 1.82) is 0 Å². The summed E-state index contributed by atoms with van der Waals surface area (Å²) in [6, 6.07) is 8.62. The maximum absolute atomic E-state index is 4.39. The summed E-state index contributed by atoms with van der Waals surface area (Å²) in [7, 11) is 0. The van der Waals surface area contributed by atoms with Crippen molar-refractivity contribution in [2.45, 2.75) is 39.5 Å². The van der Waals surface area contributed by atoms with Crippen LogP contribution in [0.5, 0.6) is 0 Å². The van der Waals surface area contributed by atoms with E-state index in [-0.39, 0.29) is 0 Å². The van der Waals surface area contributed by atoms with Gasteiger partial charge >= 0.3 is 0 Å². The fourth-order valence-corrected chi connectivity index (χ4v) is 2.28. The van der Waals surface area contributed by atoms with Gasteiger partial charge in [0.25, 0.3) is 0 Å². The van der Waals surface area contributed by atoms with E-state index in [4.69, 9.17) is 0 Å². The lowest BCUT2D eigenvalue weighted by molar-refractivity contribution is 0.678. The number of anilines is 1. The second-order valence-corrected chi connectivity index (χ2v) is 5.50. The Hall–Kier alpha value is -0.540. The number of unbranched alkanes of at least 4 members (excludes halogenated alkanes) is 2. The maximum atomic E-state index is 4.39. The van der Waals surface area contributed by atoms with Gasteiger partial charge in [-0.1, -0.05) is 38.8 Å². The molecule has 1 rings (SSSR count).